The monoisotopic (exact) mass is 265 g/mol. The van der Waals surface area contributed by atoms with Crippen LogP contribution in [0.25, 0.3) is 0 Å². The molecule has 0 saturated heterocycles. The quantitative estimate of drug-likeness (QED) is 0.814. The Labute approximate surface area is 112 Å². The first kappa shape index (κ1) is 15.0. The van der Waals surface area contributed by atoms with Crippen molar-refractivity contribution in [3.05, 3.63) is 29.8 Å². The number of hydrogen-bond donors (Lipinski definition) is 1. The van der Waals surface area contributed by atoms with E-state index in [4.69, 9.17) is 9.84 Å². The van der Waals surface area contributed by atoms with Crippen LogP contribution in [0.2, 0.25) is 0 Å². The number of amides is 1. The van der Waals surface area contributed by atoms with E-state index in [1.807, 2.05) is 31.2 Å². The minimum Gasteiger partial charge on any atom is -0.493 e. The van der Waals surface area contributed by atoms with Crippen molar-refractivity contribution < 1.29 is 19.4 Å². The van der Waals surface area contributed by atoms with Crippen molar-refractivity contribution in [2.45, 2.75) is 20.3 Å². The topological polar surface area (TPSA) is 66.8 Å². The lowest BCUT2D eigenvalue weighted by molar-refractivity contribution is -0.144. The molecule has 0 heterocycles. The summed E-state index contributed by atoms with van der Waals surface area (Å²) in [5.74, 6) is -0.468. The van der Waals surface area contributed by atoms with Gasteiger partial charge in [0.05, 0.1) is 13.0 Å². The third-order valence-electron chi connectivity index (χ3n) is 2.73. The zero-order valence-electron chi connectivity index (χ0n) is 11.3. The highest BCUT2D eigenvalue weighted by Gasteiger charge is 2.14. The molecule has 0 spiro atoms. The van der Waals surface area contributed by atoms with E-state index in [1.54, 1.807) is 6.92 Å². The fourth-order valence-corrected chi connectivity index (χ4v) is 1.66. The molecule has 5 nitrogen and oxygen atoms in total. The molecule has 1 aromatic carbocycles. The number of ether oxygens (including phenoxy) is 1. The van der Waals surface area contributed by atoms with Crippen molar-refractivity contribution in [3.63, 3.8) is 0 Å². The summed E-state index contributed by atoms with van der Waals surface area (Å²) in [6, 6.07) is 7.56. The van der Waals surface area contributed by atoms with Gasteiger partial charge >= 0.3 is 5.97 Å². The molecule has 0 unspecified atom stereocenters. The molecule has 1 rings (SSSR count). The Morgan fingerprint density at radius 1 is 1.32 bits per heavy atom. The first-order valence-electron chi connectivity index (χ1n) is 6.22. The Balaban J connectivity index is 2.42. The molecule has 0 aliphatic heterocycles. The van der Waals surface area contributed by atoms with Crippen LogP contribution in [0.4, 0.5) is 0 Å². The van der Waals surface area contributed by atoms with Crippen LogP contribution in [0.5, 0.6) is 5.75 Å². The molecule has 1 N–H and O–H groups in total. The fourth-order valence-electron chi connectivity index (χ4n) is 1.66. The SMILES string of the molecule is CCN(CC(=O)O)C(=O)CCOc1ccccc1C. The summed E-state index contributed by atoms with van der Waals surface area (Å²) in [6.07, 6.45) is 0.176. The molecule has 5 heteroatoms. The second kappa shape index (κ2) is 7.41. The Morgan fingerprint density at radius 3 is 2.58 bits per heavy atom. The number of carboxylic acid groups (broad SMARTS) is 1. The van der Waals surface area contributed by atoms with Gasteiger partial charge in [-0.25, -0.2) is 0 Å². The second-order valence-corrected chi connectivity index (χ2v) is 4.17. The third-order valence-corrected chi connectivity index (χ3v) is 2.73. The molecular weight excluding hydrogens is 246 g/mol. The number of aliphatic carboxylic acids is 1. The van der Waals surface area contributed by atoms with Gasteiger partial charge in [-0.15, -0.1) is 0 Å². The van der Waals surface area contributed by atoms with Crippen LogP contribution >= 0.6 is 0 Å². The first-order chi connectivity index (χ1) is 9.04. The van der Waals surface area contributed by atoms with E-state index < -0.39 is 5.97 Å². The van der Waals surface area contributed by atoms with Gasteiger partial charge in [-0.1, -0.05) is 18.2 Å². The van der Waals surface area contributed by atoms with E-state index in [2.05, 4.69) is 0 Å². The molecule has 1 aromatic rings. The zero-order valence-corrected chi connectivity index (χ0v) is 11.3. The molecule has 0 radical (unpaired) electrons. The maximum Gasteiger partial charge on any atom is 0.323 e. The smallest absolute Gasteiger partial charge is 0.323 e. The average Bonchev–Trinajstić information content (AvgIpc) is 2.37. The number of benzene rings is 1. The van der Waals surface area contributed by atoms with Crippen LogP contribution in [0.1, 0.15) is 18.9 Å². The molecule has 0 saturated carbocycles. The highest BCUT2D eigenvalue weighted by Crippen LogP contribution is 2.16. The van der Waals surface area contributed by atoms with Gasteiger partial charge in [-0.2, -0.15) is 0 Å². The predicted octanol–water partition coefficient (Wildman–Crippen LogP) is 1.70. The van der Waals surface area contributed by atoms with Gasteiger partial charge in [0.1, 0.15) is 12.3 Å². The van der Waals surface area contributed by atoms with E-state index >= 15 is 0 Å². The summed E-state index contributed by atoms with van der Waals surface area (Å²) >= 11 is 0. The third kappa shape index (κ3) is 4.99. The van der Waals surface area contributed by atoms with Gasteiger partial charge in [0, 0.05) is 6.54 Å². The summed E-state index contributed by atoms with van der Waals surface area (Å²) in [6.45, 7) is 4.05. The van der Waals surface area contributed by atoms with Crippen LogP contribution in [0.3, 0.4) is 0 Å². The number of para-hydroxylation sites is 1. The highest BCUT2D eigenvalue weighted by molar-refractivity contribution is 5.81. The van der Waals surface area contributed by atoms with Crippen LogP contribution < -0.4 is 4.74 Å². The van der Waals surface area contributed by atoms with E-state index in [-0.39, 0.29) is 25.5 Å². The van der Waals surface area contributed by atoms with E-state index in [0.717, 1.165) is 11.3 Å². The molecule has 0 bridgehead atoms. The van der Waals surface area contributed by atoms with E-state index in [9.17, 15) is 9.59 Å². The van der Waals surface area contributed by atoms with Crippen LogP contribution in [0, 0.1) is 6.92 Å². The maximum absolute atomic E-state index is 11.8. The van der Waals surface area contributed by atoms with E-state index in [0.29, 0.717) is 6.54 Å². The molecule has 0 atom stereocenters. The standard InChI is InChI=1S/C14H19NO4/c1-3-15(10-14(17)18)13(16)8-9-19-12-7-5-4-6-11(12)2/h4-7H,3,8-10H2,1-2H3,(H,17,18). The number of carboxylic acids is 1. The molecule has 1 amide bonds. The highest BCUT2D eigenvalue weighted by atomic mass is 16.5. The molecule has 19 heavy (non-hydrogen) atoms. The summed E-state index contributed by atoms with van der Waals surface area (Å²) in [7, 11) is 0. The lowest BCUT2D eigenvalue weighted by atomic mass is 10.2. The summed E-state index contributed by atoms with van der Waals surface area (Å²) in [5, 5.41) is 8.68. The molecular formula is C14H19NO4. The molecule has 0 aliphatic rings. The Bertz CT molecular complexity index is 445. The van der Waals surface area contributed by atoms with Crippen molar-refractivity contribution in [1.29, 1.82) is 0 Å². The van der Waals surface area contributed by atoms with Crippen LogP contribution in [0.15, 0.2) is 24.3 Å². The molecule has 104 valence electrons. The second-order valence-electron chi connectivity index (χ2n) is 4.17. The average molecular weight is 265 g/mol. The minimum atomic E-state index is -1.00. The summed E-state index contributed by atoms with van der Waals surface area (Å²) < 4.78 is 5.51. The number of nitrogens with zero attached hydrogens (tertiary/aromatic N) is 1. The van der Waals surface area contributed by atoms with Gasteiger partial charge in [-0.05, 0) is 25.5 Å². The largest absolute Gasteiger partial charge is 0.493 e. The fraction of sp³-hybridized carbons (Fsp3) is 0.429. The van der Waals surface area contributed by atoms with Gasteiger partial charge in [0.2, 0.25) is 5.91 Å². The zero-order chi connectivity index (χ0) is 14.3. The van der Waals surface area contributed by atoms with Gasteiger partial charge in [0.15, 0.2) is 0 Å². The van der Waals surface area contributed by atoms with Crippen molar-refractivity contribution >= 4 is 11.9 Å². The Kier molecular flexibility index (Phi) is 5.85. The molecule has 0 fully saturated rings. The Hall–Kier alpha value is -2.04. The molecule has 0 aliphatic carbocycles. The lowest BCUT2D eigenvalue weighted by Gasteiger charge is -2.18. The van der Waals surface area contributed by atoms with E-state index in [1.165, 1.54) is 4.90 Å². The number of rotatable bonds is 7. The van der Waals surface area contributed by atoms with Crippen molar-refractivity contribution in [1.82, 2.24) is 4.90 Å². The van der Waals surface area contributed by atoms with Crippen molar-refractivity contribution in [2.75, 3.05) is 19.7 Å². The van der Waals surface area contributed by atoms with Gasteiger partial charge in [-0.3, -0.25) is 9.59 Å². The first-order valence-corrected chi connectivity index (χ1v) is 6.22. The number of carbonyl (C=O) groups is 2. The summed E-state index contributed by atoms with van der Waals surface area (Å²) in [4.78, 5) is 23.7. The predicted molar refractivity (Wildman–Crippen MR) is 71.2 cm³/mol. The van der Waals surface area contributed by atoms with Crippen molar-refractivity contribution in [2.24, 2.45) is 0 Å². The van der Waals surface area contributed by atoms with Gasteiger partial charge in [0.25, 0.3) is 0 Å². The normalized spacial score (nSPS) is 10.0. The van der Waals surface area contributed by atoms with Crippen molar-refractivity contribution in [3.8, 4) is 5.75 Å². The number of hydrogen-bond acceptors (Lipinski definition) is 3. The van der Waals surface area contributed by atoms with Crippen LogP contribution in [-0.4, -0.2) is 41.6 Å². The van der Waals surface area contributed by atoms with Crippen LogP contribution in [-0.2, 0) is 9.59 Å². The molecule has 0 aromatic heterocycles. The Morgan fingerprint density at radius 2 is 2.00 bits per heavy atom. The number of aryl methyl sites for hydroxylation is 1. The lowest BCUT2D eigenvalue weighted by Crippen LogP contribution is -2.36. The van der Waals surface area contributed by atoms with Gasteiger partial charge < -0.3 is 14.7 Å². The number of carbonyl (C=O) groups excluding carboxylic acids is 1. The minimum absolute atomic E-state index is 0.176. The summed E-state index contributed by atoms with van der Waals surface area (Å²) in [5.41, 5.74) is 1.01. The number of likely N-dealkylation sites (N-methyl/N-ethyl adjacent to an activating group) is 1. The maximum atomic E-state index is 11.8.